The zero-order valence-corrected chi connectivity index (χ0v) is 12.7. The summed E-state index contributed by atoms with van der Waals surface area (Å²) >= 11 is 0. The summed E-state index contributed by atoms with van der Waals surface area (Å²) in [6.07, 6.45) is 0.806. The predicted octanol–water partition coefficient (Wildman–Crippen LogP) is 2.98. The van der Waals surface area contributed by atoms with Crippen LogP contribution in [0.3, 0.4) is 0 Å². The molecule has 0 spiro atoms. The number of aromatic nitrogens is 2. The number of hydrogen-bond donors (Lipinski definition) is 2. The minimum absolute atomic E-state index is 0.0560. The van der Waals surface area contributed by atoms with E-state index in [1.807, 2.05) is 6.07 Å². The number of imidazole rings is 1. The van der Waals surface area contributed by atoms with Crippen molar-refractivity contribution in [3.8, 4) is 0 Å². The molecule has 0 saturated carbocycles. The summed E-state index contributed by atoms with van der Waals surface area (Å²) in [5.41, 5.74) is 0.514. The molecule has 0 aliphatic rings. The molecular formula is C18H16F2N2O2. The zero-order valence-electron chi connectivity index (χ0n) is 12.7. The van der Waals surface area contributed by atoms with Gasteiger partial charge in [-0.25, -0.2) is 13.8 Å². The molecular weight excluding hydrogens is 314 g/mol. The number of halogens is 2. The predicted molar refractivity (Wildman–Crippen MR) is 84.0 cm³/mol. The molecule has 1 heterocycles. The van der Waals surface area contributed by atoms with Crippen LogP contribution in [0.2, 0.25) is 0 Å². The van der Waals surface area contributed by atoms with Crippen LogP contribution in [-0.2, 0) is 6.54 Å². The highest BCUT2D eigenvalue weighted by Crippen LogP contribution is 2.24. The third kappa shape index (κ3) is 3.34. The van der Waals surface area contributed by atoms with Gasteiger partial charge in [0, 0.05) is 18.0 Å². The van der Waals surface area contributed by atoms with Gasteiger partial charge < -0.3 is 14.8 Å². The minimum atomic E-state index is -1.27. The van der Waals surface area contributed by atoms with Gasteiger partial charge in [-0.2, -0.15) is 0 Å². The van der Waals surface area contributed by atoms with Crippen molar-refractivity contribution in [3.05, 3.63) is 89.5 Å². The maximum absolute atomic E-state index is 13.8. The summed E-state index contributed by atoms with van der Waals surface area (Å²) in [5.74, 6) is -0.994. The molecule has 0 amide bonds. The molecule has 3 aromatic rings. The van der Waals surface area contributed by atoms with Crippen molar-refractivity contribution in [3.63, 3.8) is 0 Å². The molecule has 0 aliphatic carbocycles. The third-order valence-corrected chi connectivity index (χ3v) is 3.79. The molecule has 3 rings (SSSR count). The summed E-state index contributed by atoms with van der Waals surface area (Å²) in [4.78, 5) is 4.11. The van der Waals surface area contributed by atoms with Gasteiger partial charge in [0.15, 0.2) is 0 Å². The molecule has 124 valence electrons. The maximum Gasteiger partial charge on any atom is 0.142 e. The lowest BCUT2D eigenvalue weighted by molar-refractivity contribution is 0.143. The minimum Gasteiger partial charge on any atom is -0.386 e. The Labute approximate surface area is 137 Å². The van der Waals surface area contributed by atoms with Crippen molar-refractivity contribution >= 4 is 0 Å². The van der Waals surface area contributed by atoms with Gasteiger partial charge in [-0.1, -0.05) is 30.3 Å². The first-order valence-electron chi connectivity index (χ1n) is 7.43. The van der Waals surface area contributed by atoms with Gasteiger partial charge in [0.2, 0.25) is 0 Å². The topological polar surface area (TPSA) is 58.3 Å². The van der Waals surface area contributed by atoms with E-state index in [0.717, 1.165) is 18.2 Å². The molecule has 1 aromatic heterocycles. The number of aliphatic hydroxyl groups excluding tert-OH is 2. The van der Waals surface area contributed by atoms with Crippen molar-refractivity contribution in [1.29, 1.82) is 0 Å². The van der Waals surface area contributed by atoms with E-state index in [2.05, 4.69) is 4.98 Å². The van der Waals surface area contributed by atoms with Crippen molar-refractivity contribution in [2.75, 3.05) is 0 Å². The van der Waals surface area contributed by atoms with Crippen LogP contribution in [0.1, 0.15) is 29.2 Å². The molecule has 2 unspecified atom stereocenters. The molecule has 0 fully saturated rings. The van der Waals surface area contributed by atoms with E-state index < -0.39 is 23.8 Å². The Hall–Kier alpha value is -2.57. The summed E-state index contributed by atoms with van der Waals surface area (Å²) in [6, 6.07) is 11.9. The van der Waals surface area contributed by atoms with E-state index in [1.165, 1.54) is 10.8 Å². The summed E-state index contributed by atoms with van der Waals surface area (Å²) < 4.78 is 28.6. The molecule has 4 nitrogen and oxygen atoms in total. The fraction of sp³-hybridized carbons (Fsp3) is 0.167. The highest BCUT2D eigenvalue weighted by Gasteiger charge is 2.20. The lowest BCUT2D eigenvalue weighted by Gasteiger charge is -2.17. The van der Waals surface area contributed by atoms with Gasteiger partial charge >= 0.3 is 0 Å². The van der Waals surface area contributed by atoms with Gasteiger partial charge in [-0.15, -0.1) is 0 Å². The molecule has 6 heteroatoms. The fourth-order valence-corrected chi connectivity index (χ4v) is 2.56. The Morgan fingerprint density at radius 2 is 1.79 bits per heavy atom. The van der Waals surface area contributed by atoms with Crippen LogP contribution in [0, 0.1) is 11.6 Å². The summed E-state index contributed by atoms with van der Waals surface area (Å²) in [6.45, 7) is -0.0560. The second kappa shape index (κ2) is 6.90. The molecule has 24 heavy (non-hydrogen) atoms. The van der Waals surface area contributed by atoms with Crippen LogP contribution < -0.4 is 0 Å². The first-order chi connectivity index (χ1) is 11.6. The van der Waals surface area contributed by atoms with E-state index in [-0.39, 0.29) is 12.1 Å². The van der Waals surface area contributed by atoms with Crippen molar-refractivity contribution in [2.45, 2.75) is 18.8 Å². The van der Waals surface area contributed by atoms with Gasteiger partial charge in [-0.3, -0.25) is 0 Å². The van der Waals surface area contributed by atoms with Crippen LogP contribution in [0.4, 0.5) is 8.78 Å². The SMILES string of the molecule is OC(Cn1ccnc1C(O)c1ccccc1)c1cc(F)ccc1F. The molecule has 0 saturated heterocycles. The smallest absolute Gasteiger partial charge is 0.142 e. The first-order valence-corrected chi connectivity index (χ1v) is 7.43. The normalized spacial score (nSPS) is 13.7. The van der Waals surface area contributed by atoms with E-state index in [1.54, 1.807) is 30.5 Å². The molecule has 0 bridgehead atoms. The Morgan fingerprint density at radius 1 is 1.04 bits per heavy atom. The lowest BCUT2D eigenvalue weighted by Crippen LogP contribution is -2.15. The van der Waals surface area contributed by atoms with E-state index in [4.69, 9.17) is 0 Å². The second-order valence-corrected chi connectivity index (χ2v) is 5.43. The molecule has 2 aromatic carbocycles. The Morgan fingerprint density at radius 3 is 2.54 bits per heavy atom. The van der Waals surface area contributed by atoms with Crippen LogP contribution in [0.25, 0.3) is 0 Å². The Bertz CT molecular complexity index is 821. The molecule has 0 aliphatic heterocycles. The van der Waals surface area contributed by atoms with Crippen molar-refractivity contribution < 1.29 is 19.0 Å². The number of rotatable bonds is 5. The monoisotopic (exact) mass is 330 g/mol. The largest absolute Gasteiger partial charge is 0.386 e. The molecule has 0 radical (unpaired) electrons. The van der Waals surface area contributed by atoms with Gasteiger partial charge in [0.25, 0.3) is 0 Å². The first kappa shape index (κ1) is 16.3. The second-order valence-electron chi connectivity index (χ2n) is 5.43. The number of nitrogens with zero attached hydrogens (tertiary/aromatic N) is 2. The van der Waals surface area contributed by atoms with Crippen molar-refractivity contribution in [1.82, 2.24) is 9.55 Å². The van der Waals surface area contributed by atoms with E-state index >= 15 is 0 Å². The standard InChI is InChI=1S/C18H16F2N2O2/c19-13-6-7-15(20)14(10-13)16(23)11-22-9-8-21-18(22)17(24)12-4-2-1-3-5-12/h1-10,16-17,23-24H,11H2. The van der Waals surface area contributed by atoms with Gasteiger partial charge in [0.1, 0.15) is 23.6 Å². The quantitative estimate of drug-likeness (QED) is 0.756. The number of hydrogen-bond acceptors (Lipinski definition) is 3. The average Bonchev–Trinajstić information content (AvgIpc) is 3.05. The highest BCUT2D eigenvalue weighted by atomic mass is 19.1. The van der Waals surface area contributed by atoms with Crippen LogP contribution in [0.5, 0.6) is 0 Å². The van der Waals surface area contributed by atoms with E-state index in [9.17, 15) is 19.0 Å². The van der Waals surface area contributed by atoms with Gasteiger partial charge in [-0.05, 0) is 23.8 Å². The van der Waals surface area contributed by atoms with E-state index in [0.29, 0.717) is 11.4 Å². The number of aliphatic hydroxyl groups is 2. The summed E-state index contributed by atoms with van der Waals surface area (Å²) in [5, 5.41) is 20.7. The van der Waals surface area contributed by atoms with Crippen LogP contribution in [0.15, 0.2) is 60.9 Å². The third-order valence-electron chi connectivity index (χ3n) is 3.79. The molecule has 2 N–H and O–H groups in total. The lowest BCUT2D eigenvalue weighted by atomic mass is 10.1. The summed E-state index contributed by atoms with van der Waals surface area (Å²) in [7, 11) is 0. The zero-order chi connectivity index (χ0) is 17.1. The number of benzene rings is 2. The van der Waals surface area contributed by atoms with Gasteiger partial charge in [0.05, 0.1) is 12.6 Å². The average molecular weight is 330 g/mol. The maximum atomic E-state index is 13.8. The Kier molecular flexibility index (Phi) is 4.69. The Balaban J connectivity index is 1.84. The highest BCUT2D eigenvalue weighted by molar-refractivity contribution is 5.24. The fourth-order valence-electron chi connectivity index (χ4n) is 2.56. The molecule has 2 atom stereocenters. The van der Waals surface area contributed by atoms with Crippen molar-refractivity contribution in [2.24, 2.45) is 0 Å². The van der Waals surface area contributed by atoms with Crippen LogP contribution in [-0.4, -0.2) is 19.8 Å². The van der Waals surface area contributed by atoms with Crippen LogP contribution >= 0.6 is 0 Å².